The first-order chi connectivity index (χ1) is 18.3. The first kappa shape index (κ1) is 24.9. The Kier molecular flexibility index (Phi) is 6.37. The lowest BCUT2D eigenvalue weighted by Crippen LogP contribution is -2.32. The van der Waals surface area contributed by atoms with Crippen LogP contribution in [0.3, 0.4) is 0 Å². The number of nitrogens with one attached hydrogen (secondary N) is 1. The molecule has 0 spiro atoms. The summed E-state index contributed by atoms with van der Waals surface area (Å²) < 4.78 is 19.8. The third-order valence-electron chi connectivity index (χ3n) is 6.86. The molecule has 2 amide bonds. The second kappa shape index (κ2) is 9.72. The maximum atomic E-state index is 13.9. The Morgan fingerprint density at radius 2 is 1.79 bits per heavy atom. The zero-order valence-electron chi connectivity index (χ0n) is 19.9. The number of aryl methyl sites for hydroxylation is 1. The minimum absolute atomic E-state index is 0.271. The number of aromatic amines is 1. The number of fused-ring (bicyclic) bond motifs is 2. The van der Waals surface area contributed by atoms with Crippen LogP contribution in [0.4, 0.5) is 10.1 Å². The second-order valence-corrected chi connectivity index (χ2v) is 11.7. The third kappa shape index (κ3) is 4.24. The molecule has 2 aliphatic heterocycles. The van der Waals surface area contributed by atoms with E-state index in [-0.39, 0.29) is 4.87 Å². The summed E-state index contributed by atoms with van der Waals surface area (Å²) in [6, 6.07) is 18.3. The molecule has 4 aromatic rings. The Morgan fingerprint density at radius 3 is 2.55 bits per heavy atom. The highest BCUT2D eigenvalue weighted by Crippen LogP contribution is 2.54. The van der Waals surface area contributed by atoms with E-state index in [2.05, 4.69) is 4.98 Å². The van der Waals surface area contributed by atoms with Gasteiger partial charge in [0, 0.05) is 21.4 Å². The van der Waals surface area contributed by atoms with Gasteiger partial charge >= 0.3 is 4.87 Å². The van der Waals surface area contributed by atoms with E-state index >= 15 is 0 Å². The van der Waals surface area contributed by atoms with Gasteiger partial charge in [-0.25, -0.2) is 9.29 Å². The molecule has 0 radical (unpaired) electrons. The van der Waals surface area contributed by atoms with Crippen molar-refractivity contribution in [2.24, 2.45) is 5.92 Å². The Balaban J connectivity index is 1.45. The number of thioether (sulfide) groups is 1. The van der Waals surface area contributed by atoms with Gasteiger partial charge in [-0.3, -0.25) is 14.4 Å². The Morgan fingerprint density at radius 1 is 1.03 bits per heavy atom. The van der Waals surface area contributed by atoms with Crippen LogP contribution in [0.25, 0.3) is 0 Å². The van der Waals surface area contributed by atoms with Gasteiger partial charge in [0.25, 0.3) is 0 Å². The van der Waals surface area contributed by atoms with Crippen LogP contribution < -0.4 is 14.5 Å². The number of anilines is 1. The summed E-state index contributed by atoms with van der Waals surface area (Å²) in [5, 5.41) is 0.214. The normalized spacial score (nSPS) is 20.4. The number of benzene rings is 3. The largest absolute Gasteiger partial charge is 0.489 e. The van der Waals surface area contributed by atoms with E-state index in [0.717, 1.165) is 27.4 Å². The van der Waals surface area contributed by atoms with Crippen molar-refractivity contribution in [1.29, 1.82) is 0 Å². The molecular weight excluding hydrogens is 547 g/mol. The molecule has 1 aromatic heterocycles. The topological polar surface area (TPSA) is 79.5 Å². The number of rotatable bonds is 5. The number of halogens is 2. The van der Waals surface area contributed by atoms with Gasteiger partial charge in [0.2, 0.25) is 11.8 Å². The molecule has 6 nitrogen and oxygen atoms in total. The average Bonchev–Trinajstić information content (AvgIpc) is 3.39. The van der Waals surface area contributed by atoms with Gasteiger partial charge in [-0.2, -0.15) is 0 Å². The maximum absolute atomic E-state index is 13.9. The molecule has 1 N–H and O–H groups in total. The average molecular weight is 567 g/mol. The molecule has 3 unspecified atom stereocenters. The Labute approximate surface area is 230 Å². The van der Waals surface area contributed by atoms with E-state index in [1.54, 1.807) is 18.2 Å². The van der Waals surface area contributed by atoms with E-state index in [4.69, 9.17) is 16.3 Å². The summed E-state index contributed by atoms with van der Waals surface area (Å²) in [6.45, 7) is 2.29. The molecule has 3 atom stereocenters. The summed E-state index contributed by atoms with van der Waals surface area (Å²) in [5.41, 5.74) is 3.01. The molecule has 3 aromatic carbocycles. The fraction of sp³-hybridized carbons (Fsp3) is 0.179. The molecule has 0 aliphatic carbocycles. The number of thiazole rings is 1. The molecule has 0 saturated carbocycles. The van der Waals surface area contributed by atoms with Crippen LogP contribution in [0.5, 0.6) is 5.75 Å². The highest BCUT2D eigenvalue weighted by atomic mass is 35.5. The summed E-state index contributed by atoms with van der Waals surface area (Å²) >= 11 is 8.62. The molecule has 1 saturated heterocycles. The third-order valence-corrected chi connectivity index (χ3v) is 9.50. The molecule has 3 heterocycles. The van der Waals surface area contributed by atoms with Crippen molar-refractivity contribution in [3.8, 4) is 5.75 Å². The number of amides is 2. The summed E-state index contributed by atoms with van der Waals surface area (Å²) in [5.74, 6) is -2.24. The van der Waals surface area contributed by atoms with Crippen molar-refractivity contribution >= 4 is 52.2 Å². The van der Waals surface area contributed by atoms with Crippen LogP contribution in [0, 0.1) is 18.7 Å². The smallest absolute Gasteiger partial charge is 0.305 e. The first-order valence-corrected chi connectivity index (χ1v) is 13.9. The van der Waals surface area contributed by atoms with Crippen LogP contribution >= 0.6 is 34.7 Å². The molecule has 1 fully saturated rings. The fourth-order valence-corrected chi connectivity index (χ4v) is 7.70. The molecule has 10 heteroatoms. The number of carbonyl (C=O) groups excluding carboxylic acids is 2. The van der Waals surface area contributed by atoms with Crippen molar-refractivity contribution in [3.63, 3.8) is 0 Å². The van der Waals surface area contributed by atoms with Gasteiger partial charge in [0.1, 0.15) is 23.4 Å². The zero-order valence-corrected chi connectivity index (χ0v) is 22.3. The van der Waals surface area contributed by atoms with Gasteiger partial charge in [-0.05, 0) is 60.5 Å². The minimum atomic E-state index is -0.809. The molecule has 38 heavy (non-hydrogen) atoms. The highest BCUT2D eigenvalue weighted by molar-refractivity contribution is 8.00. The molecule has 0 bridgehead atoms. The number of hydrogen-bond donors (Lipinski definition) is 1. The van der Waals surface area contributed by atoms with Crippen LogP contribution in [-0.4, -0.2) is 22.0 Å². The van der Waals surface area contributed by atoms with Gasteiger partial charge < -0.3 is 9.72 Å². The van der Waals surface area contributed by atoms with Gasteiger partial charge in [0.15, 0.2) is 0 Å². The van der Waals surface area contributed by atoms with Crippen LogP contribution in [0.1, 0.15) is 27.5 Å². The number of ether oxygens (including phenoxy) is 1. The summed E-state index contributed by atoms with van der Waals surface area (Å²) in [6.07, 6.45) is 0. The summed E-state index contributed by atoms with van der Waals surface area (Å²) in [7, 11) is 0. The summed E-state index contributed by atoms with van der Waals surface area (Å²) in [4.78, 5) is 44.2. The Hall–Kier alpha value is -3.40. The van der Waals surface area contributed by atoms with E-state index < -0.39 is 34.7 Å². The number of aromatic nitrogens is 1. The van der Waals surface area contributed by atoms with Gasteiger partial charge in [0.05, 0.1) is 16.6 Å². The maximum Gasteiger partial charge on any atom is 0.305 e. The van der Waals surface area contributed by atoms with Crippen LogP contribution in [0.15, 0.2) is 76.6 Å². The molecule has 192 valence electrons. The predicted molar refractivity (Wildman–Crippen MR) is 146 cm³/mol. The number of carbonyl (C=O) groups is 2. The van der Waals surface area contributed by atoms with Crippen molar-refractivity contribution in [2.45, 2.75) is 29.7 Å². The molecular formula is C28H20ClFN2O4S2. The first-order valence-electron chi connectivity index (χ1n) is 11.8. The quantitative estimate of drug-likeness (QED) is 0.304. The Bertz CT molecular complexity index is 1630. The predicted octanol–water partition coefficient (Wildman–Crippen LogP) is 5.91. The lowest BCUT2D eigenvalue weighted by atomic mass is 9.82. The number of H-pyrrole nitrogens is 1. The lowest BCUT2D eigenvalue weighted by molar-refractivity contribution is -0.122. The van der Waals surface area contributed by atoms with Crippen molar-refractivity contribution in [3.05, 3.63) is 109 Å². The second-order valence-electron chi connectivity index (χ2n) is 9.14. The van der Waals surface area contributed by atoms with Crippen LogP contribution in [0.2, 0.25) is 5.02 Å². The van der Waals surface area contributed by atoms with E-state index in [1.165, 1.54) is 36.0 Å². The number of nitrogens with zero attached hydrogens (tertiary/aromatic N) is 1. The lowest BCUT2D eigenvalue weighted by Gasteiger charge is -2.31. The van der Waals surface area contributed by atoms with E-state index in [0.29, 0.717) is 38.5 Å². The van der Waals surface area contributed by atoms with E-state index in [9.17, 15) is 18.8 Å². The number of hydrogen-bond acceptors (Lipinski definition) is 6. The molecule has 2 aliphatic rings. The highest BCUT2D eigenvalue weighted by Gasteiger charge is 2.56. The standard InChI is InChI=1S/C28H20ClFN2O4S2/c1-14-4-2-3-5-15(14)13-36-20-11-6-16(29)12-19(20)21-22-24(37-25-23(21)38-28(35)31-25)27(34)32(26(22)33)18-9-7-17(30)8-10-18/h2-12,21-22,24H,13H2,1H3,(H,31,35). The van der Waals surface area contributed by atoms with Crippen molar-refractivity contribution in [2.75, 3.05) is 4.90 Å². The van der Waals surface area contributed by atoms with Crippen LogP contribution in [-0.2, 0) is 16.2 Å². The van der Waals surface area contributed by atoms with Crippen molar-refractivity contribution < 1.29 is 18.7 Å². The zero-order chi connectivity index (χ0) is 26.6. The van der Waals surface area contributed by atoms with Gasteiger partial charge in [-0.1, -0.05) is 59.0 Å². The minimum Gasteiger partial charge on any atom is -0.489 e. The molecule has 6 rings (SSSR count). The SMILES string of the molecule is Cc1ccccc1COc1ccc(Cl)cc1C1c2sc(=O)[nH]c2SC2C(=O)N(c3ccc(F)cc3)C(=O)C21. The fourth-order valence-electron chi connectivity index (χ4n) is 5.02. The van der Waals surface area contributed by atoms with Gasteiger partial charge in [-0.15, -0.1) is 0 Å². The van der Waals surface area contributed by atoms with Crippen molar-refractivity contribution in [1.82, 2.24) is 4.98 Å². The monoisotopic (exact) mass is 566 g/mol. The number of imide groups is 1. The van der Waals surface area contributed by atoms with E-state index in [1.807, 2.05) is 31.2 Å².